The zero-order valence-corrected chi connectivity index (χ0v) is 9.22. The Morgan fingerprint density at radius 1 is 1.67 bits per heavy atom. The second-order valence-electron chi connectivity index (χ2n) is 3.28. The van der Waals surface area contributed by atoms with Crippen molar-refractivity contribution in [2.45, 2.75) is 13.0 Å². The second kappa shape index (κ2) is 5.14. The SMILES string of the molecule is C=C(Cl)COc1ccc(C(C)N)c(F)c1. The van der Waals surface area contributed by atoms with Crippen LogP contribution in [0.4, 0.5) is 4.39 Å². The minimum absolute atomic E-state index is 0.165. The van der Waals surface area contributed by atoms with E-state index in [1.54, 1.807) is 19.1 Å². The zero-order valence-electron chi connectivity index (χ0n) is 8.47. The Kier molecular flexibility index (Phi) is 4.12. The smallest absolute Gasteiger partial charge is 0.131 e. The molecule has 2 nitrogen and oxygen atoms in total. The predicted octanol–water partition coefficient (Wildman–Crippen LogP) is 2.98. The summed E-state index contributed by atoms with van der Waals surface area (Å²) >= 11 is 5.52. The minimum atomic E-state index is -0.373. The number of benzene rings is 1. The van der Waals surface area contributed by atoms with Gasteiger partial charge >= 0.3 is 0 Å². The van der Waals surface area contributed by atoms with Gasteiger partial charge in [0.2, 0.25) is 0 Å². The molecule has 0 aromatic heterocycles. The van der Waals surface area contributed by atoms with Crippen molar-refractivity contribution in [3.05, 3.63) is 41.2 Å². The van der Waals surface area contributed by atoms with Gasteiger partial charge in [-0.25, -0.2) is 4.39 Å². The highest BCUT2D eigenvalue weighted by molar-refractivity contribution is 6.29. The van der Waals surface area contributed by atoms with Crippen LogP contribution in [0.25, 0.3) is 0 Å². The molecule has 1 aromatic carbocycles. The van der Waals surface area contributed by atoms with Gasteiger partial charge < -0.3 is 10.5 Å². The van der Waals surface area contributed by atoms with E-state index in [4.69, 9.17) is 22.1 Å². The van der Waals surface area contributed by atoms with Crippen LogP contribution in [0, 0.1) is 5.82 Å². The van der Waals surface area contributed by atoms with Gasteiger partial charge in [-0.1, -0.05) is 24.2 Å². The van der Waals surface area contributed by atoms with Crippen molar-refractivity contribution >= 4 is 11.6 Å². The molecule has 2 N–H and O–H groups in total. The largest absolute Gasteiger partial charge is 0.488 e. The van der Waals surface area contributed by atoms with Gasteiger partial charge in [0.25, 0.3) is 0 Å². The van der Waals surface area contributed by atoms with Gasteiger partial charge in [0, 0.05) is 22.7 Å². The molecule has 4 heteroatoms. The summed E-state index contributed by atoms with van der Waals surface area (Å²) in [5.41, 5.74) is 6.04. The second-order valence-corrected chi connectivity index (χ2v) is 3.81. The number of halogens is 2. The molecule has 82 valence electrons. The van der Waals surface area contributed by atoms with Crippen LogP contribution in [0.15, 0.2) is 29.8 Å². The lowest BCUT2D eigenvalue weighted by Gasteiger charge is -2.09. The van der Waals surface area contributed by atoms with Crippen molar-refractivity contribution in [1.82, 2.24) is 0 Å². The molecule has 1 atom stereocenters. The van der Waals surface area contributed by atoms with E-state index >= 15 is 0 Å². The first-order chi connectivity index (χ1) is 7.00. The topological polar surface area (TPSA) is 35.2 Å². The van der Waals surface area contributed by atoms with Gasteiger partial charge in [-0.15, -0.1) is 0 Å². The number of rotatable bonds is 4. The molecule has 1 aromatic rings. The van der Waals surface area contributed by atoms with E-state index in [1.807, 2.05) is 0 Å². The maximum atomic E-state index is 13.4. The predicted molar refractivity (Wildman–Crippen MR) is 59.5 cm³/mol. The third-order valence-corrected chi connectivity index (χ3v) is 1.97. The van der Waals surface area contributed by atoms with Crippen LogP contribution in [0.5, 0.6) is 5.75 Å². The van der Waals surface area contributed by atoms with Gasteiger partial charge in [-0.05, 0) is 13.0 Å². The summed E-state index contributed by atoms with van der Waals surface area (Å²) in [6.45, 7) is 5.35. The molecule has 0 saturated carbocycles. The fourth-order valence-electron chi connectivity index (χ4n) is 1.13. The van der Waals surface area contributed by atoms with E-state index in [-0.39, 0.29) is 18.5 Å². The van der Waals surface area contributed by atoms with Crippen molar-refractivity contribution in [2.24, 2.45) is 5.73 Å². The molecule has 0 amide bonds. The molecular formula is C11H13ClFNO. The number of hydrogen-bond donors (Lipinski definition) is 1. The lowest BCUT2D eigenvalue weighted by atomic mass is 10.1. The number of ether oxygens (including phenoxy) is 1. The van der Waals surface area contributed by atoms with E-state index in [9.17, 15) is 4.39 Å². The highest BCUT2D eigenvalue weighted by atomic mass is 35.5. The Labute approximate surface area is 93.5 Å². The van der Waals surface area contributed by atoms with Crippen molar-refractivity contribution in [1.29, 1.82) is 0 Å². The third kappa shape index (κ3) is 3.53. The average molecular weight is 230 g/mol. The monoisotopic (exact) mass is 229 g/mol. The quantitative estimate of drug-likeness (QED) is 0.862. The molecular weight excluding hydrogens is 217 g/mol. The van der Waals surface area contributed by atoms with Gasteiger partial charge in [-0.2, -0.15) is 0 Å². The highest BCUT2D eigenvalue weighted by Gasteiger charge is 2.07. The number of nitrogens with two attached hydrogens (primary N) is 1. The summed E-state index contributed by atoms with van der Waals surface area (Å²) < 4.78 is 18.6. The van der Waals surface area contributed by atoms with Gasteiger partial charge in [-0.3, -0.25) is 0 Å². The molecule has 1 unspecified atom stereocenters. The lowest BCUT2D eigenvalue weighted by Crippen LogP contribution is -2.07. The first-order valence-electron chi connectivity index (χ1n) is 4.52. The standard InChI is InChI=1S/C11H13ClFNO/c1-7(12)6-15-9-3-4-10(8(2)14)11(13)5-9/h3-5,8H,1,6,14H2,2H3. The first kappa shape index (κ1) is 12.0. The first-order valence-corrected chi connectivity index (χ1v) is 4.89. The normalized spacial score (nSPS) is 12.3. The molecule has 15 heavy (non-hydrogen) atoms. The van der Waals surface area contributed by atoms with Gasteiger partial charge in [0.15, 0.2) is 0 Å². The summed E-state index contributed by atoms with van der Waals surface area (Å²) in [7, 11) is 0. The summed E-state index contributed by atoms with van der Waals surface area (Å²) in [5.74, 6) is 0.0429. The van der Waals surface area contributed by atoms with Crippen LogP contribution in [0.3, 0.4) is 0 Å². The number of hydrogen-bond acceptors (Lipinski definition) is 2. The highest BCUT2D eigenvalue weighted by Crippen LogP contribution is 2.21. The van der Waals surface area contributed by atoms with Crippen LogP contribution < -0.4 is 10.5 Å². The van der Waals surface area contributed by atoms with E-state index in [0.717, 1.165) is 0 Å². The fraction of sp³-hybridized carbons (Fsp3) is 0.273. The molecule has 0 spiro atoms. The lowest BCUT2D eigenvalue weighted by molar-refractivity contribution is 0.356. The van der Waals surface area contributed by atoms with Gasteiger partial charge in [0.05, 0.1) is 0 Å². The van der Waals surface area contributed by atoms with E-state index in [1.165, 1.54) is 6.07 Å². The zero-order chi connectivity index (χ0) is 11.4. The maximum absolute atomic E-state index is 13.4. The average Bonchev–Trinajstić information content (AvgIpc) is 2.14. The molecule has 0 fully saturated rings. The van der Waals surface area contributed by atoms with E-state index in [2.05, 4.69) is 6.58 Å². The van der Waals surface area contributed by atoms with Crippen LogP contribution in [0.2, 0.25) is 0 Å². The van der Waals surface area contributed by atoms with Crippen molar-refractivity contribution in [3.8, 4) is 5.75 Å². The minimum Gasteiger partial charge on any atom is -0.488 e. The van der Waals surface area contributed by atoms with Crippen LogP contribution in [0.1, 0.15) is 18.5 Å². The molecule has 0 aliphatic rings. The molecule has 1 rings (SSSR count). The van der Waals surface area contributed by atoms with Crippen LogP contribution in [-0.2, 0) is 0 Å². The van der Waals surface area contributed by atoms with Crippen LogP contribution in [-0.4, -0.2) is 6.61 Å². The van der Waals surface area contributed by atoms with Gasteiger partial charge in [0.1, 0.15) is 18.2 Å². The maximum Gasteiger partial charge on any atom is 0.131 e. The molecule has 0 heterocycles. The van der Waals surface area contributed by atoms with E-state index in [0.29, 0.717) is 16.3 Å². The molecule has 0 saturated heterocycles. The van der Waals surface area contributed by atoms with Crippen molar-refractivity contribution in [3.63, 3.8) is 0 Å². The molecule has 0 aliphatic heterocycles. The Hall–Kier alpha value is -1.06. The summed E-state index contributed by atoms with van der Waals surface area (Å²) in [6.07, 6.45) is 0. The molecule has 0 aliphatic carbocycles. The molecule has 0 radical (unpaired) electrons. The Bertz CT molecular complexity index is 366. The van der Waals surface area contributed by atoms with Crippen LogP contribution >= 0.6 is 11.6 Å². The third-order valence-electron chi connectivity index (χ3n) is 1.86. The molecule has 0 bridgehead atoms. The van der Waals surface area contributed by atoms with Crippen molar-refractivity contribution in [2.75, 3.05) is 6.61 Å². The fourth-order valence-corrected chi connectivity index (χ4v) is 1.18. The van der Waals surface area contributed by atoms with E-state index < -0.39 is 0 Å². The summed E-state index contributed by atoms with van der Waals surface area (Å²) in [4.78, 5) is 0. The summed E-state index contributed by atoms with van der Waals surface area (Å²) in [6, 6.07) is 4.22. The Morgan fingerprint density at radius 3 is 2.80 bits per heavy atom. The van der Waals surface area contributed by atoms with Crippen molar-refractivity contribution < 1.29 is 9.13 Å². The summed E-state index contributed by atoms with van der Waals surface area (Å²) in [5, 5.41) is 0.367. The Balaban J connectivity index is 2.77. The Morgan fingerprint density at radius 2 is 2.33 bits per heavy atom.